The normalized spacial score (nSPS) is 18.2. The Morgan fingerprint density at radius 1 is 0.688 bits per heavy atom. The molecule has 0 aliphatic heterocycles. The summed E-state index contributed by atoms with van der Waals surface area (Å²) in [7, 11) is 0. The van der Waals surface area contributed by atoms with Gasteiger partial charge in [0, 0.05) is 11.1 Å². The standard InChI is InChI=1S/C14H20O2/c1-7(2)11-9(5)13(15)14(16)10(6)12(11)8(3)4/h7-8H,1-6H3. The Bertz CT molecular complexity index is 366. The van der Waals surface area contributed by atoms with Gasteiger partial charge in [0.2, 0.25) is 11.6 Å². The predicted molar refractivity (Wildman–Crippen MR) is 65.1 cm³/mol. The Morgan fingerprint density at radius 3 is 1.12 bits per heavy atom. The molecule has 0 saturated heterocycles. The minimum atomic E-state index is -0.328. The van der Waals surface area contributed by atoms with Gasteiger partial charge in [0.05, 0.1) is 0 Å². The average Bonchev–Trinajstić information content (AvgIpc) is 2.18. The monoisotopic (exact) mass is 220 g/mol. The molecule has 16 heavy (non-hydrogen) atoms. The molecule has 0 spiro atoms. The van der Waals surface area contributed by atoms with Crippen molar-refractivity contribution < 1.29 is 9.59 Å². The Kier molecular flexibility index (Phi) is 3.51. The highest BCUT2D eigenvalue weighted by Gasteiger charge is 2.32. The maximum absolute atomic E-state index is 11.8. The molecule has 0 radical (unpaired) electrons. The molecule has 0 saturated carbocycles. The van der Waals surface area contributed by atoms with Crippen LogP contribution in [0.4, 0.5) is 0 Å². The lowest BCUT2D eigenvalue weighted by atomic mass is 9.76. The van der Waals surface area contributed by atoms with Crippen molar-refractivity contribution in [2.45, 2.75) is 41.5 Å². The molecule has 1 rings (SSSR count). The van der Waals surface area contributed by atoms with E-state index in [1.54, 1.807) is 13.8 Å². The first-order valence-corrected chi connectivity index (χ1v) is 5.79. The fourth-order valence-corrected chi connectivity index (χ4v) is 2.48. The van der Waals surface area contributed by atoms with E-state index in [1.165, 1.54) is 0 Å². The third-order valence-electron chi connectivity index (χ3n) is 3.14. The zero-order valence-electron chi connectivity index (χ0n) is 11.0. The van der Waals surface area contributed by atoms with Gasteiger partial charge in [-0.2, -0.15) is 0 Å². The van der Waals surface area contributed by atoms with Gasteiger partial charge >= 0.3 is 0 Å². The van der Waals surface area contributed by atoms with Gasteiger partial charge in [0.15, 0.2) is 0 Å². The van der Waals surface area contributed by atoms with Gasteiger partial charge in [-0.25, -0.2) is 0 Å². The van der Waals surface area contributed by atoms with Crippen LogP contribution in [0.25, 0.3) is 0 Å². The van der Waals surface area contributed by atoms with Crippen molar-refractivity contribution >= 4 is 11.6 Å². The molecular weight excluding hydrogens is 200 g/mol. The summed E-state index contributed by atoms with van der Waals surface area (Å²) in [5.74, 6) is -0.0926. The molecular formula is C14H20O2. The molecule has 0 heterocycles. The van der Waals surface area contributed by atoms with Crippen LogP contribution in [-0.2, 0) is 9.59 Å². The van der Waals surface area contributed by atoms with E-state index < -0.39 is 0 Å². The van der Waals surface area contributed by atoms with Crippen LogP contribution in [0.1, 0.15) is 41.5 Å². The van der Waals surface area contributed by atoms with Gasteiger partial charge in [0.1, 0.15) is 0 Å². The molecule has 0 N–H and O–H groups in total. The molecule has 0 aromatic carbocycles. The van der Waals surface area contributed by atoms with Crippen molar-refractivity contribution in [1.29, 1.82) is 0 Å². The number of allylic oxidation sites excluding steroid dienone is 4. The minimum Gasteiger partial charge on any atom is -0.285 e. The number of hydrogen-bond donors (Lipinski definition) is 0. The Morgan fingerprint density at radius 2 is 0.938 bits per heavy atom. The van der Waals surface area contributed by atoms with E-state index in [1.807, 2.05) is 0 Å². The summed E-state index contributed by atoms with van der Waals surface area (Å²) in [5.41, 5.74) is 3.40. The second-order valence-electron chi connectivity index (χ2n) is 5.04. The predicted octanol–water partition coefficient (Wildman–Crippen LogP) is 3.08. The van der Waals surface area contributed by atoms with Crippen molar-refractivity contribution in [3.05, 3.63) is 22.3 Å². The molecule has 88 valence electrons. The van der Waals surface area contributed by atoms with Gasteiger partial charge in [-0.3, -0.25) is 9.59 Å². The van der Waals surface area contributed by atoms with E-state index in [0.29, 0.717) is 11.1 Å². The van der Waals surface area contributed by atoms with Crippen LogP contribution in [0, 0.1) is 11.8 Å². The summed E-state index contributed by atoms with van der Waals surface area (Å²) in [6.45, 7) is 11.8. The second-order valence-corrected chi connectivity index (χ2v) is 5.04. The molecule has 0 atom stereocenters. The van der Waals surface area contributed by atoms with Crippen LogP contribution in [0.2, 0.25) is 0 Å². The van der Waals surface area contributed by atoms with Crippen LogP contribution in [-0.4, -0.2) is 11.6 Å². The summed E-state index contributed by atoms with van der Waals surface area (Å²) in [6, 6.07) is 0. The Balaban J connectivity index is 3.50. The van der Waals surface area contributed by atoms with E-state index in [0.717, 1.165) is 11.1 Å². The zero-order valence-corrected chi connectivity index (χ0v) is 11.0. The summed E-state index contributed by atoms with van der Waals surface area (Å²) in [5, 5.41) is 0. The summed E-state index contributed by atoms with van der Waals surface area (Å²) in [6.07, 6.45) is 0. The van der Waals surface area contributed by atoms with Gasteiger partial charge in [-0.05, 0) is 36.8 Å². The molecule has 0 unspecified atom stereocenters. The van der Waals surface area contributed by atoms with Crippen LogP contribution < -0.4 is 0 Å². The summed E-state index contributed by atoms with van der Waals surface area (Å²) in [4.78, 5) is 23.6. The zero-order chi connectivity index (χ0) is 12.6. The number of ketones is 2. The van der Waals surface area contributed by atoms with E-state index in [2.05, 4.69) is 27.7 Å². The maximum atomic E-state index is 11.8. The summed E-state index contributed by atoms with van der Waals surface area (Å²) < 4.78 is 0. The lowest BCUT2D eigenvalue weighted by Crippen LogP contribution is -2.27. The van der Waals surface area contributed by atoms with Crippen LogP contribution in [0.5, 0.6) is 0 Å². The number of rotatable bonds is 2. The SMILES string of the molecule is CC1=C(C(C)C)C(C(C)C)=C(C)C(=O)C1=O. The molecule has 2 heteroatoms. The van der Waals surface area contributed by atoms with Gasteiger partial charge in [-0.15, -0.1) is 0 Å². The van der Waals surface area contributed by atoms with Crippen LogP contribution in [0.3, 0.4) is 0 Å². The van der Waals surface area contributed by atoms with Crippen molar-refractivity contribution in [1.82, 2.24) is 0 Å². The first-order valence-electron chi connectivity index (χ1n) is 5.79. The van der Waals surface area contributed by atoms with Gasteiger partial charge < -0.3 is 0 Å². The van der Waals surface area contributed by atoms with Crippen molar-refractivity contribution in [3.63, 3.8) is 0 Å². The highest BCUT2D eigenvalue weighted by atomic mass is 16.2. The molecule has 0 bridgehead atoms. The van der Waals surface area contributed by atoms with Gasteiger partial charge in [0.25, 0.3) is 0 Å². The lowest BCUT2D eigenvalue weighted by molar-refractivity contribution is -0.132. The Labute approximate surface area is 97.4 Å². The molecule has 2 nitrogen and oxygen atoms in total. The summed E-state index contributed by atoms with van der Waals surface area (Å²) >= 11 is 0. The molecule has 1 aliphatic carbocycles. The van der Waals surface area contributed by atoms with Crippen LogP contribution >= 0.6 is 0 Å². The van der Waals surface area contributed by atoms with E-state index in [-0.39, 0.29) is 23.4 Å². The topological polar surface area (TPSA) is 34.1 Å². The third kappa shape index (κ3) is 1.89. The van der Waals surface area contributed by atoms with Crippen molar-refractivity contribution in [2.75, 3.05) is 0 Å². The molecule has 0 fully saturated rings. The van der Waals surface area contributed by atoms with Crippen molar-refractivity contribution in [3.8, 4) is 0 Å². The fraction of sp³-hybridized carbons (Fsp3) is 0.571. The molecule has 0 aromatic heterocycles. The largest absolute Gasteiger partial charge is 0.285 e. The van der Waals surface area contributed by atoms with Crippen LogP contribution in [0.15, 0.2) is 22.3 Å². The number of hydrogen-bond acceptors (Lipinski definition) is 2. The number of Topliss-reactive ketones (excluding diaryl/α,β-unsaturated/α-hetero) is 2. The molecule has 0 aromatic rings. The Hall–Kier alpha value is -1.18. The lowest BCUT2D eigenvalue weighted by Gasteiger charge is -2.27. The molecule has 0 amide bonds. The smallest absolute Gasteiger partial charge is 0.229 e. The van der Waals surface area contributed by atoms with Crippen molar-refractivity contribution in [2.24, 2.45) is 11.8 Å². The average molecular weight is 220 g/mol. The molecule has 1 aliphatic rings. The van der Waals surface area contributed by atoms with E-state index in [9.17, 15) is 9.59 Å². The quantitative estimate of drug-likeness (QED) is 0.529. The van der Waals surface area contributed by atoms with E-state index >= 15 is 0 Å². The number of carbonyl (C=O) groups excluding carboxylic acids is 2. The minimum absolute atomic E-state index is 0.282. The van der Waals surface area contributed by atoms with Gasteiger partial charge in [-0.1, -0.05) is 27.7 Å². The highest BCUT2D eigenvalue weighted by molar-refractivity contribution is 6.50. The first kappa shape index (κ1) is 12.9. The highest BCUT2D eigenvalue weighted by Crippen LogP contribution is 2.35. The first-order chi connectivity index (χ1) is 7.29. The number of carbonyl (C=O) groups is 2. The third-order valence-corrected chi connectivity index (χ3v) is 3.14. The maximum Gasteiger partial charge on any atom is 0.229 e. The fourth-order valence-electron chi connectivity index (χ4n) is 2.48. The second kappa shape index (κ2) is 4.36. The van der Waals surface area contributed by atoms with E-state index in [4.69, 9.17) is 0 Å².